The van der Waals surface area contributed by atoms with E-state index in [1.54, 1.807) is 6.92 Å². The molecule has 0 fully saturated rings. The van der Waals surface area contributed by atoms with E-state index in [2.05, 4.69) is 10.2 Å². The monoisotopic (exact) mass is 481 g/mol. The van der Waals surface area contributed by atoms with E-state index in [1.807, 2.05) is 61.5 Å². The summed E-state index contributed by atoms with van der Waals surface area (Å²) in [6.07, 6.45) is -0.259. The molecule has 1 atom stereocenters. The number of nitrogens with zero attached hydrogens (tertiary/aromatic N) is 3. The molecular formula is C28H23N3O5. The van der Waals surface area contributed by atoms with Gasteiger partial charge in [-0.2, -0.15) is 0 Å². The Balaban J connectivity index is 1.26. The largest absolute Gasteiger partial charge is 0.449 e. The van der Waals surface area contributed by atoms with Crippen molar-refractivity contribution in [2.45, 2.75) is 26.4 Å². The lowest BCUT2D eigenvalue weighted by atomic mass is 10.1. The van der Waals surface area contributed by atoms with Crippen molar-refractivity contribution in [1.82, 2.24) is 15.1 Å². The van der Waals surface area contributed by atoms with E-state index in [9.17, 15) is 14.4 Å². The van der Waals surface area contributed by atoms with Crippen molar-refractivity contribution in [2.24, 2.45) is 0 Å². The summed E-state index contributed by atoms with van der Waals surface area (Å²) in [6.45, 7) is 3.86. The zero-order chi connectivity index (χ0) is 25.2. The Labute approximate surface area is 207 Å². The molecule has 0 saturated carbocycles. The fraction of sp³-hybridized carbons (Fsp3) is 0.179. The van der Waals surface area contributed by atoms with E-state index in [4.69, 9.17) is 9.15 Å². The average molecular weight is 482 g/mol. The van der Waals surface area contributed by atoms with E-state index in [-0.39, 0.29) is 35.0 Å². The Bertz CT molecular complexity index is 1440. The van der Waals surface area contributed by atoms with Gasteiger partial charge in [0.2, 0.25) is 5.89 Å². The van der Waals surface area contributed by atoms with Crippen LogP contribution in [0.1, 0.15) is 61.1 Å². The summed E-state index contributed by atoms with van der Waals surface area (Å²) in [5.41, 5.74) is 3.52. The fourth-order valence-corrected chi connectivity index (χ4v) is 4.00. The maximum Gasteiger partial charge on any atom is 0.338 e. The van der Waals surface area contributed by atoms with Gasteiger partial charge in [0, 0.05) is 12.1 Å². The van der Waals surface area contributed by atoms with Gasteiger partial charge in [0.05, 0.1) is 16.7 Å². The number of carbonyl (C=O) groups is 3. The topological polar surface area (TPSA) is 103 Å². The number of fused-ring (bicyclic) bond motifs is 1. The number of hydrogen-bond acceptors (Lipinski definition) is 7. The van der Waals surface area contributed by atoms with Gasteiger partial charge in [-0.25, -0.2) is 4.79 Å². The van der Waals surface area contributed by atoms with Crippen LogP contribution in [0, 0.1) is 6.92 Å². The second kappa shape index (κ2) is 9.58. The third-order valence-electron chi connectivity index (χ3n) is 6.04. The molecular weight excluding hydrogens is 458 g/mol. The Morgan fingerprint density at radius 3 is 2.42 bits per heavy atom. The second-order valence-electron chi connectivity index (χ2n) is 8.62. The van der Waals surface area contributed by atoms with Gasteiger partial charge < -0.3 is 9.15 Å². The number of ether oxygens (including phenoxy) is 1. The smallest absolute Gasteiger partial charge is 0.338 e. The predicted octanol–water partition coefficient (Wildman–Crippen LogP) is 4.80. The van der Waals surface area contributed by atoms with Crippen LogP contribution in [0.3, 0.4) is 0 Å². The summed E-state index contributed by atoms with van der Waals surface area (Å²) in [4.78, 5) is 39.7. The molecule has 2 amide bonds. The highest BCUT2D eigenvalue weighted by Gasteiger charge is 2.36. The number of aryl methyl sites for hydroxylation is 1. The van der Waals surface area contributed by atoms with Crippen LogP contribution in [0.5, 0.6) is 0 Å². The van der Waals surface area contributed by atoms with Crippen LogP contribution in [0.15, 0.2) is 77.2 Å². The number of rotatable bonds is 7. The number of hydrogen-bond donors (Lipinski definition) is 0. The third kappa shape index (κ3) is 4.53. The van der Waals surface area contributed by atoms with Gasteiger partial charge >= 0.3 is 5.97 Å². The molecule has 0 aliphatic carbocycles. The van der Waals surface area contributed by atoms with Gasteiger partial charge in [0.25, 0.3) is 17.7 Å². The van der Waals surface area contributed by atoms with Crippen LogP contribution in [-0.4, -0.2) is 39.4 Å². The van der Waals surface area contributed by atoms with Gasteiger partial charge in [-0.3, -0.25) is 14.5 Å². The van der Waals surface area contributed by atoms with Gasteiger partial charge in [-0.1, -0.05) is 48.0 Å². The molecule has 0 radical (unpaired) electrons. The van der Waals surface area contributed by atoms with Crippen LogP contribution in [0.25, 0.3) is 11.5 Å². The van der Waals surface area contributed by atoms with Crippen molar-refractivity contribution in [3.8, 4) is 11.5 Å². The third-order valence-corrected chi connectivity index (χ3v) is 6.04. The molecule has 0 saturated heterocycles. The second-order valence-corrected chi connectivity index (χ2v) is 8.62. The van der Waals surface area contributed by atoms with E-state index in [1.165, 1.54) is 23.1 Å². The SMILES string of the molecule is Cc1ccc(-c2nnc(C(C)OC(=O)c3ccc4c(c3)C(=O)N(CCc3ccccc3)C4=O)o2)cc1. The number of carbonyl (C=O) groups excluding carboxylic acids is 3. The highest BCUT2D eigenvalue weighted by atomic mass is 16.6. The standard InChI is InChI=1S/C28H23N3O5/c1-17-8-10-20(11-9-17)25-30-29-24(36-25)18(2)35-28(34)21-12-13-22-23(16-21)27(33)31(26(22)32)15-14-19-6-4-3-5-7-19/h3-13,16,18H,14-15H2,1-2H3. The van der Waals surface area contributed by atoms with Crippen LogP contribution in [0.4, 0.5) is 0 Å². The van der Waals surface area contributed by atoms with Crippen LogP contribution < -0.4 is 0 Å². The molecule has 0 bridgehead atoms. The molecule has 1 aliphatic heterocycles. The first-order valence-corrected chi connectivity index (χ1v) is 11.6. The number of esters is 1. The molecule has 5 rings (SSSR count). The molecule has 8 nitrogen and oxygen atoms in total. The maximum absolute atomic E-state index is 12.9. The number of imide groups is 1. The number of amides is 2. The van der Waals surface area contributed by atoms with Gasteiger partial charge in [-0.05, 0) is 56.2 Å². The lowest BCUT2D eigenvalue weighted by Crippen LogP contribution is -2.31. The van der Waals surface area contributed by atoms with Crippen molar-refractivity contribution in [3.63, 3.8) is 0 Å². The highest BCUT2D eigenvalue weighted by molar-refractivity contribution is 6.22. The quantitative estimate of drug-likeness (QED) is 0.276. The molecule has 1 aromatic heterocycles. The van der Waals surface area contributed by atoms with E-state index < -0.39 is 18.0 Å². The summed E-state index contributed by atoms with van der Waals surface area (Å²) in [5.74, 6) is -0.978. The van der Waals surface area contributed by atoms with Crippen molar-refractivity contribution in [2.75, 3.05) is 6.54 Å². The maximum atomic E-state index is 12.9. The van der Waals surface area contributed by atoms with E-state index in [0.29, 0.717) is 12.3 Å². The molecule has 1 unspecified atom stereocenters. The summed E-state index contributed by atoms with van der Waals surface area (Å²) in [7, 11) is 0. The fourth-order valence-electron chi connectivity index (χ4n) is 4.00. The van der Waals surface area contributed by atoms with E-state index in [0.717, 1.165) is 16.7 Å². The Morgan fingerprint density at radius 1 is 0.944 bits per heavy atom. The first-order valence-electron chi connectivity index (χ1n) is 11.6. The Hall–Kier alpha value is -4.59. The molecule has 180 valence electrons. The minimum absolute atomic E-state index is 0.151. The van der Waals surface area contributed by atoms with Crippen LogP contribution in [0.2, 0.25) is 0 Å². The van der Waals surface area contributed by atoms with Gasteiger partial charge in [0.15, 0.2) is 6.10 Å². The zero-order valence-corrected chi connectivity index (χ0v) is 19.8. The molecule has 4 aromatic rings. The van der Waals surface area contributed by atoms with E-state index >= 15 is 0 Å². The summed E-state index contributed by atoms with van der Waals surface area (Å²) >= 11 is 0. The molecule has 8 heteroatoms. The highest BCUT2D eigenvalue weighted by Crippen LogP contribution is 2.27. The van der Waals surface area contributed by atoms with Crippen LogP contribution in [-0.2, 0) is 11.2 Å². The molecule has 3 aromatic carbocycles. The summed E-state index contributed by atoms with van der Waals surface area (Å²) in [5, 5.41) is 8.03. The minimum Gasteiger partial charge on any atom is -0.449 e. The number of aromatic nitrogens is 2. The summed E-state index contributed by atoms with van der Waals surface area (Å²) in [6, 6.07) is 21.6. The lowest BCUT2D eigenvalue weighted by Gasteiger charge is -2.13. The molecule has 2 heterocycles. The lowest BCUT2D eigenvalue weighted by molar-refractivity contribution is 0.0279. The minimum atomic E-state index is -0.808. The van der Waals surface area contributed by atoms with Crippen molar-refractivity contribution >= 4 is 17.8 Å². The van der Waals surface area contributed by atoms with Gasteiger partial charge in [0.1, 0.15) is 0 Å². The van der Waals surface area contributed by atoms with Crippen molar-refractivity contribution < 1.29 is 23.5 Å². The molecule has 0 spiro atoms. The summed E-state index contributed by atoms with van der Waals surface area (Å²) < 4.78 is 11.2. The average Bonchev–Trinajstić information content (AvgIpc) is 3.48. The zero-order valence-electron chi connectivity index (χ0n) is 19.8. The molecule has 1 aliphatic rings. The molecule has 0 N–H and O–H groups in total. The predicted molar refractivity (Wildman–Crippen MR) is 130 cm³/mol. The normalized spacial score (nSPS) is 13.6. The van der Waals surface area contributed by atoms with Crippen molar-refractivity contribution in [3.05, 3.63) is 107 Å². The first kappa shape index (κ1) is 23.2. The number of benzene rings is 3. The van der Waals surface area contributed by atoms with Gasteiger partial charge in [-0.15, -0.1) is 10.2 Å². The Kier molecular flexibility index (Phi) is 6.16. The molecule has 36 heavy (non-hydrogen) atoms. The Morgan fingerprint density at radius 2 is 1.67 bits per heavy atom. The van der Waals surface area contributed by atoms with Crippen LogP contribution >= 0.6 is 0 Å². The first-order chi connectivity index (χ1) is 17.4. The van der Waals surface area contributed by atoms with Crippen molar-refractivity contribution in [1.29, 1.82) is 0 Å².